The molecule has 0 spiro atoms. The first-order valence-corrected chi connectivity index (χ1v) is 4.03. The van der Waals surface area contributed by atoms with Gasteiger partial charge in [0, 0.05) is 14.0 Å². The summed E-state index contributed by atoms with van der Waals surface area (Å²) in [5.74, 6) is 0. The van der Waals surface area contributed by atoms with Gasteiger partial charge in [0.1, 0.15) is 0 Å². The first-order chi connectivity index (χ1) is 5.46. The Kier molecular flexibility index (Phi) is 1.48. The standard InChI is InChI=1S/C6H3Br2Cl/c7-4-1-5(8)3-6(9)2-4/h1-3H/i1D,2D,3D. The fraction of sp³-hybridized carbons (Fsp3) is 0. The molecule has 0 radical (unpaired) electrons. The molecule has 48 valence electrons. The lowest BCUT2D eigenvalue weighted by Gasteiger charge is -1.92. The molecule has 1 rings (SSSR count). The summed E-state index contributed by atoms with van der Waals surface area (Å²) in [5.41, 5.74) is 0. The Morgan fingerprint density at radius 2 is 1.67 bits per heavy atom. The van der Waals surface area contributed by atoms with Crippen molar-refractivity contribution < 1.29 is 4.11 Å². The van der Waals surface area contributed by atoms with Crippen molar-refractivity contribution in [1.82, 2.24) is 0 Å². The molecule has 0 saturated heterocycles. The SMILES string of the molecule is [2H]c1c(Cl)c([2H])c(Br)c([2H])c1Br. The van der Waals surface area contributed by atoms with Crippen molar-refractivity contribution >= 4 is 43.5 Å². The molecule has 0 aliphatic carbocycles. The van der Waals surface area contributed by atoms with Gasteiger partial charge in [-0.15, -0.1) is 0 Å². The fourth-order valence-electron chi connectivity index (χ4n) is 0.383. The van der Waals surface area contributed by atoms with E-state index in [9.17, 15) is 0 Å². The maximum absolute atomic E-state index is 7.43. The lowest BCUT2D eigenvalue weighted by atomic mass is 10.4. The van der Waals surface area contributed by atoms with E-state index in [1.807, 2.05) is 0 Å². The van der Waals surface area contributed by atoms with Gasteiger partial charge in [-0.05, 0) is 18.1 Å². The first-order valence-electron chi connectivity index (χ1n) is 3.57. The first kappa shape index (κ1) is 4.37. The van der Waals surface area contributed by atoms with Crippen molar-refractivity contribution in [2.24, 2.45) is 0 Å². The van der Waals surface area contributed by atoms with Gasteiger partial charge >= 0.3 is 0 Å². The van der Waals surface area contributed by atoms with Crippen LogP contribution in [-0.2, 0) is 0 Å². The summed E-state index contributed by atoms with van der Waals surface area (Å²) in [4.78, 5) is 0. The minimum atomic E-state index is -0.0186. The van der Waals surface area contributed by atoms with Crippen LogP contribution in [-0.4, -0.2) is 0 Å². The van der Waals surface area contributed by atoms with Gasteiger partial charge in [0.15, 0.2) is 0 Å². The quantitative estimate of drug-likeness (QED) is 0.673. The maximum atomic E-state index is 7.43. The van der Waals surface area contributed by atoms with Crippen molar-refractivity contribution in [3.05, 3.63) is 32.1 Å². The molecule has 0 amide bonds. The molecule has 0 bridgehead atoms. The molecule has 0 N–H and O–H groups in total. The van der Waals surface area contributed by atoms with Gasteiger partial charge in [-0.1, -0.05) is 43.5 Å². The highest BCUT2D eigenvalue weighted by Crippen LogP contribution is 2.22. The summed E-state index contributed by atoms with van der Waals surface area (Å²) in [6.07, 6.45) is 0. The second kappa shape index (κ2) is 3.04. The third kappa shape index (κ3) is 2.28. The Labute approximate surface area is 79.7 Å². The van der Waals surface area contributed by atoms with Crippen LogP contribution in [0.25, 0.3) is 0 Å². The van der Waals surface area contributed by atoms with E-state index in [1.165, 1.54) is 0 Å². The molecular formula is C6H3Br2Cl. The predicted molar refractivity (Wildman–Crippen MR) is 46.9 cm³/mol. The highest BCUT2D eigenvalue weighted by Gasteiger charge is 1.91. The lowest BCUT2D eigenvalue weighted by Crippen LogP contribution is -1.66. The lowest BCUT2D eigenvalue weighted by molar-refractivity contribution is 1.60. The van der Waals surface area contributed by atoms with Crippen LogP contribution >= 0.6 is 43.5 Å². The number of rotatable bonds is 0. The third-order valence-electron chi connectivity index (χ3n) is 0.658. The van der Waals surface area contributed by atoms with Crippen LogP contribution in [0.15, 0.2) is 27.1 Å². The minimum absolute atomic E-state index is 0.0186. The molecule has 0 atom stereocenters. The predicted octanol–water partition coefficient (Wildman–Crippen LogP) is 3.86. The Hall–Kier alpha value is 0.470. The van der Waals surface area contributed by atoms with E-state index in [4.69, 9.17) is 15.7 Å². The zero-order chi connectivity index (χ0) is 9.46. The molecule has 1 aromatic rings. The molecule has 0 aliphatic rings. The van der Waals surface area contributed by atoms with Gasteiger partial charge in [-0.25, -0.2) is 0 Å². The van der Waals surface area contributed by atoms with Crippen LogP contribution in [0.4, 0.5) is 0 Å². The Morgan fingerprint density at radius 3 is 2.11 bits per heavy atom. The van der Waals surface area contributed by atoms with Crippen LogP contribution in [0.3, 0.4) is 0 Å². The van der Waals surface area contributed by atoms with Crippen molar-refractivity contribution in [2.75, 3.05) is 0 Å². The molecule has 9 heavy (non-hydrogen) atoms. The Bertz CT molecular complexity index is 235. The van der Waals surface area contributed by atoms with Crippen LogP contribution in [0.2, 0.25) is 5.02 Å². The van der Waals surface area contributed by atoms with Crippen LogP contribution in [0, 0.1) is 0 Å². The zero-order valence-corrected chi connectivity index (χ0v) is 8.06. The maximum Gasteiger partial charge on any atom is 0.0650 e. The van der Waals surface area contributed by atoms with Crippen molar-refractivity contribution in [3.63, 3.8) is 0 Å². The van der Waals surface area contributed by atoms with Crippen LogP contribution in [0.1, 0.15) is 4.11 Å². The van der Waals surface area contributed by atoms with Gasteiger partial charge in [0.25, 0.3) is 0 Å². The smallest absolute Gasteiger partial charge is 0.0650 e. The van der Waals surface area contributed by atoms with E-state index >= 15 is 0 Å². The second-order valence-corrected chi connectivity index (χ2v) is 3.28. The topological polar surface area (TPSA) is 0 Å². The molecule has 0 saturated carbocycles. The average molecular weight is 273 g/mol. The van der Waals surface area contributed by atoms with Gasteiger partial charge < -0.3 is 0 Å². The number of hydrogen-bond acceptors (Lipinski definition) is 0. The van der Waals surface area contributed by atoms with E-state index < -0.39 is 0 Å². The highest BCUT2D eigenvalue weighted by molar-refractivity contribution is 9.11. The average Bonchev–Trinajstić information content (AvgIpc) is 2.08. The highest BCUT2D eigenvalue weighted by atomic mass is 79.9. The minimum Gasteiger partial charge on any atom is -0.0843 e. The molecule has 0 aromatic heterocycles. The molecule has 0 fully saturated rings. The molecule has 0 unspecified atom stereocenters. The Morgan fingerprint density at radius 1 is 1.22 bits per heavy atom. The van der Waals surface area contributed by atoms with Crippen molar-refractivity contribution in [3.8, 4) is 0 Å². The second-order valence-electron chi connectivity index (χ2n) is 1.32. The summed E-state index contributed by atoms with van der Waals surface area (Å²) in [7, 11) is 0. The molecule has 3 heteroatoms. The van der Waals surface area contributed by atoms with Crippen molar-refractivity contribution in [2.45, 2.75) is 0 Å². The largest absolute Gasteiger partial charge is 0.0843 e. The summed E-state index contributed by atoms with van der Waals surface area (Å²) in [6.45, 7) is 0. The van der Waals surface area contributed by atoms with Crippen LogP contribution < -0.4 is 0 Å². The van der Waals surface area contributed by atoms with Crippen molar-refractivity contribution in [1.29, 1.82) is 0 Å². The summed E-state index contributed by atoms with van der Waals surface area (Å²) in [6, 6.07) is 0.0409. The van der Waals surface area contributed by atoms with E-state index in [2.05, 4.69) is 31.9 Å². The van der Waals surface area contributed by atoms with E-state index in [1.54, 1.807) is 0 Å². The normalized spacial score (nSPS) is 14.3. The third-order valence-corrected chi connectivity index (χ3v) is 1.64. The molecule has 0 aliphatic heterocycles. The molecular weight excluding hydrogens is 267 g/mol. The summed E-state index contributed by atoms with van der Waals surface area (Å²) >= 11 is 11.7. The van der Waals surface area contributed by atoms with E-state index in [-0.39, 0.29) is 23.1 Å². The summed E-state index contributed by atoms with van der Waals surface area (Å²) in [5, 5.41) is 0.0461. The van der Waals surface area contributed by atoms with Gasteiger partial charge in [0.05, 0.1) is 4.11 Å². The van der Waals surface area contributed by atoms with Crippen LogP contribution in [0.5, 0.6) is 0 Å². The Balaban J connectivity index is 3.60. The zero-order valence-electron chi connectivity index (χ0n) is 7.13. The van der Waals surface area contributed by atoms with E-state index in [0.717, 1.165) is 0 Å². The molecule has 0 heterocycles. The van der Waals surface area contributed by atoms with Gasteiger partial charge in [0.2, 0.25) is 0 Å². The number of benzene rings is 1. The fourth-order valence-corrected chi connectivity index (χ4v) is 1.86. The molecule has 0 nitrogen and oxygen atoms in total. The summed E-state index contributed by atoms with van der Waals surface area (Å²) < 4.78 is 22.8. The number of halogens is 3. The number of hydrogen-bond donors (Lipinski definition) is 0. The molecule has 1 aromatic carbocycles. The van der Waals surface area contributed by atoms with E-state index in [0.29, 0.717) is 8.95 Å². The monoisotopic (exact) mass is 271 g/mol. The van der Waals surface area contributed by atoms with Gasteiger partial charge in [-0.2, -0.15) is 0 Å². The van der Waals surface area contributed by atoms with Gasteiger partial charge in [-0.3, -0.25) is 0 Å².